The Labute approximate surface area is 259 Å². The smallest absolute Gasteiger partial charge is 0.270 e. The Bertz CT molecular complexity index is 1660. The first-order chi connectivity index (χ1) is 20.2. The van der Waals surface area contributed by atoms with Crippen LogP contribution in [0.1, 0.15) is 41.2 Å². The summed E-state index contributed by atoms with van der Waals surface area (Å²) in [6, 6.07) is 15.1. The lowest BCUT2D eigenvalue weighted by Gasteiger charge is -2.20. The van der Waals surface area contributed by atoms with Gasteiger partial charge in [-0.15, -0.1) is 0 Å². The quantitative estimate of drug-likeness (QED) is 0.200. The molecule has 0 aliphatic carbocycles. The van der Waals surface area contributed by atoms with Gasteiger partial charge in [0.05, 0.1) is 25.7 Å². The number of anilines is 1. The lowest BCUT2D eigenvalue weighted by Crippen LogP contribution is -2.29. The van der Waals surface area contributed by atoms with Crippen molar-refractivity contribution >= 4 is 57.7 Å². The maximum Gasteiger partial charge on any atom is 0.270 e. The van der Waals surface area contributed by atoms with Gasteiger partial charge in [-0.2, -0.15) is 5.26 Å². The highest BCUT2D eigenvalue weighted by atomic mass is 35.5. The van der Waals surface area contributed by atoms with Crippen LogP contribution >= 0.6 is 35.6 Å². The molecular weight excluding hydrogens is 592 g/mol. The van der Waals surface area contributed by atoms with Crippen LogP contribution in [0.25, 0.3) is 6.08 Å². The minimum absolute atomic E-state index is 0.0479. The molecule has 1 aliphatic heterocycles. The number of ether oxygens (including phenoxy) is 2. The number of thiocarbonyl (C=S) groups is 1. The Hall–Kier alpha value is -3.78. The Morgan fingerprint density at radius 3 is 2.55 bits per heavy atom. The first-order valence-electron chi connectivity index (χ1n) is 13.3. The van der Waals surface area contributed by atoms with Crippen molar-refractivity contribution in [2.75, 3.05) is 26.1 Å². The number of carbonyl (C=O) groups is 1. The van der Waals surface area contributed by atoms with E-state index in [0.717, 1.165) is 11.1 Å². The highest BCUT2D eigenvalue weighted by Crippen LogP contribution is 2.36. The van der Waals surface area contributed by atoms with E-state index in [4.69, 9.17) is 33.3 Å². The Kier molecular flexibility index (Phi) is 10.3. The van der Waals surface area contributed by atoms with Crippen molar-refractivity contribution in [3.05, 3.63) is 90.6 Å². The number of carbonyl (C=O) groups excluding carboxylic acids is 1. The minimum atomic E-state index is -0.367. The maximum atomic E-state index is 13.5. The zero-order valence-electron chi connectivity index (χ0n) is 23.8. The summed E-state index contributed by atoms with van der Waals surface area (Å²) in [5.41, 5.74) is 2.58. The maximum absolute atomic E-state index is 13.5. The van der Waals surface area contributed by atoms with E-state index in [2.05, 4.69) is 11.4 Å². The highest BCUT2D eigenvalue weighted by Gasteiger charge is 2.33. The second-order valence-electron chi connectivity index (χ2n) is 9.56. The summed E-state index contributed by atoms with van der Waals surface area (Å²) in [5, 5.41) is 13.8. The molecule has 0 atom stereocenters. The number of rotatable bonds is 11. The van der Waals surface area contributed by atoms with Crippen molar-refractivity contribution < 1.29 is 14.3 Å². The van der Waals surface area contributed by atoms with Crippen molar-refractivity contribution in [1.82, 2.24) is 9.47 Å². The molecular formula is C31H31ClN4O4S2. The summed E-state index contributed by atoms with van der Waals surface area (Å²) in [6.45, 7) is 4.83. The van der Waals surface area contributed by atoms with Crippen molar-refractivity contribution in [3.63, 3.8) is 0 Å². The lowest BCUT2D eigenvalue weighted by atomic mass is 10.0. The minimum Gasteiger partial charge on any atom is -0.493 e. The molecule has 0 saturated carbocycles. The third kappa shape index (κ3) is 6.49. The van der Waals surface area contributed by atoms with Crippen LogP contribution in [-0.2, 0) is 24.3 Å². The van der Waals surface area contributed by atoms with Crippen LogP contribution in [0, 0.1) is 18.3 Å². The van der Waals surface area contributed by atoms with Crippen molar-refractivity contribution in [2.45, 2.75) is 39.8 Å². The topological polar surface area (TPSA) is 96.6 Å². The fourth-order valence-electron chi connectivity index (χ4n) is 4.72. The standard InChI is InChI=1S/C31H31ClN4O4S2/c1-5-14-35-28(34-13-12-20-10-11-25(39-3)26(15-20)40-4)22(19(2)23(17-33)29(35)37)16-27-30(38)36(31(41)42-27)18-21-8-6-7-9-24(21)32/h6-11,15-16,34H,5,12-14,18H2,1-4H3/b27-16+. The van der Waals surface area contributed by atoms with E-state index >= 15 is 0 Å². The number of methoxy groups -OCH3 is 2. The van der Waals surface area contributed by atoms with E-state index in [1.807, 2.05) is 43.3 Å². The van der Waals surface area contributed by atoms with E-state index in [9.17, 15) is 14.9 Å². The van der Waals surface area contributed by atoms with E-state index in [1.54, 1.807) is 37.9 Å². The zero-order chi connectivity index (χ0) is 30.4. The molecule has 11 heteroatoms. The van der Waals surface area contributed by atoms with E-state index < -0.39 is 0 Å². The molecule has 1 aromatic heterocycles. The van der Waals surface area contributed by atoms with Crippen LogP contribution in [-0.4, -0.2) is 40.5 Å². The average Bonchev–Trinajstić information content (AvgIpc) is 3.25. The number of thioether (sulfide) groups is 1. The molecule has 0 spiro atoms. The number of nitrogens with one attached hydrogen (secondary N) is 1. The number of pyridine rings is 1. The van der Waals surface area contributed by atoms with Crippen LogP contribution in [0.2, 0.25) is 5.02 Å². The number of aromatic nitrogens is 1. The van der Waals surface area contributed by atoms with Crippen LogP contribution in [0.15, 0.2) is 52.2 Å². The largest absolute Gasteiger partial charge is 0.493 e. The second-order valence-corrected chi connectivity index (χ2v) is 11.6. The second kappa shape index (κ2) is 13.9. The van der Waals surface area contributed by atoms with Gasteiger partial charge in [-0.3, -0.25) is 19.1 Å². The SMILES string of the molecule is CCCn1c(NCCc2ccc(OC)c(OC)c2)c(/C=C2/SC(=S)N(Cc3ccccc3Cl)C2=O)c(C)c(C#N)c1=O. The molecule has 2 aromatic carbocycles. The highest BCUT2D eigenvalue weighted by molar-refractivity contribution is 8.26. The predicted molar refractivity (Wildman–Crippen MR) is 172 cm³/mol. The molecule has 218 valence electrons. The fraction of sp³-hybridized carbons (Fsp3) is 0.290. The van der Waals surface area contributed by atoms with Crippen molar-refractivity contribution in [3.8, 4) is 17.6 Å². The van der Waals surface area contributed by atoms with Crippen LogP contribution in [0.3, 0.4) is 0 Å². The number of nitriles is 1. The number of hydrogen-bond donors (Lipinski definition) is 1. The molecule has 8 nitrogen and oxygen atoms in total. The molecule has 0 bridgehead atoms. The summed E-state index contributed by atoms with van der Waals surface area (Å²) in [5.74, 6) is 1.57. The fourth-order valence-corrected chi connectivity index (χ4v) is 6.15. The van der Waals surface area contributed by atoms with E-state index in [0.29, 0.717) is 68.6 Å². The molecule has 42 heavy (non-hydrogen) atoms. The van der Waals surface area contributed by atoms with Gasteiger partial charge in [-0.1, -0.05) is 66.8 Å². The number of hydrogen-bond acceptors (Lipinski definition) is 8. The average molecular weight is 623 g/mol. The van der Waals surface area contributed by atoms with Gasteiger partial charge >= 0.3 is 0 Å². The Morgan fingerprint density at radius 2 is 1.88 bits per heavy atom. The molecule has 1 saturated heterocycles. The van der Waals surface area contributed by atoms with Crippen molar-refractivity contribution in [1.29, 1.82) is 5.26 Å². The van der Waals surface area contributed by atoms with Crippen LogP contribution in [0.5, 0.6) is 11.5 Å². The molecule has 1 fully saturated rings. The molecule has 2 heterocycles. The van der Waals surface area contributed by atoms with Gasteiger partial charge < -0.3 is 14.8 Å². The van der Waals surface area contributed by atoms with E-state index in [-0.39, 0.29) is 23.6 Å². The molecule has 4 rings (SSSR count). The van der Waals surface area contributed by atoms with Crippen molar-refractivity contribution in [2.24, 2.45) is 0 Å². The first-order valence-corrected chi connectivity index (χ1v) is 14.9. The number of halogens is 1. The molecule has 3 aromatic rings. The zero-order valence-corrected chi connectivity index (χ0v) is 26.2. The molecule has 0 unspecified atom stereocenters. The normalized spacial score (nSPS) is 13.9. The Balaban J connectivity index is 1.71. The molecule has 0 radical (unpaired) electrons. The molecule has 1 amide bonds. The first kappa shape index (κ1) is 31.2. The van der Waals surface area contributed by atoms with E-state index in [1.165, 1.54) is 16.7 Å². The summed E-state index contributed by atoms with van der Waals surface area (Å²) < 4.78 is 12.8. The number of amides is 1. The van der Waals surface area contributed by atoms with Gasteiger partial charge in [-0.05, 0) is 60.7 Å². The third-order valence-corrected chi connectivity index (χ3v) is 8.66. The van der Waals surface area contributed by atoms with Gasteiger partial charge in [0.2, 0.25) is 0 Å². The molecule has 1 N–H and O–H groups in total. The summed E-state index contributed by atoms with van der Waals surface area (Å²) in [7, 11) is 3.18. The van der Waals surface area contributed by atoms with Crippen LogP contribution < -0.4 is 20.3 Å². The Morgan fingerprint density at radius 1 is 1.14 bits per heavy atom. The molecule has 1 aliphatic rings. The summed E-state index contributed by atoms with van der Waals surface area (Å²) >= 11 is 13.1. The van der Waals surface area contributed by atoms with Gasteiger partial charge in [0.25, 0.3) is 11.5 Å². The summed E-state index contributed by atoms with van der Waals surface area (Å²) in [4.78, 5) is 28.8. The van der Waals surface area contributed by atoms with Gasteiger partial charge in [0, 0.05) is 23.7 Å². The number of benzene rings is 2. The lowest BCUT2D eigenvalue weighted by molar-refractivity contribution is -0.122. The summed E-state index contributed by atoms with van der Waals surface area (Å²) in [6.07, 6.45) is 3.03. The van der Waals surface area contributed by atoms with Gasteiger partial charge in [-0.25, -0.2) is 0 Å². The van der Waals surface area contributed by atoms with Crippen LogP contribution in [0.4, 0.5) is 5.82 Å². The monoisotopic (exact) mass is 622 g/mol. The third-order valence-electron chi connectivity index (χ3n) is 6.91. The van der Waals surface area contributed by atoms with Gasteiger partial charge in [0.15, 0.2) is 11.5 Å². The predicted octanol–water partition coefficient (Wildman–Crippen LogP) is 6.17. The number of nitrogens with zero attached hydrogens (tertiary/aromatic N) is 3. The van der Waals surface area contributed by atoms with Gasteiger partial charge in [0.1, 0.15) is 21.8 Å².